The Labute approximate surface area is 187 Å². The lowest BCUT2D eigenvalue weighted by molar-refractivity contribution is -0.158. The van der Waals surface area contributed by atoms with Gasteiger partial charge in [-0.25, -0.2) is 9.59 Å². The standard InChI is InChI=1S/C24H27NO7/c1-24(2,3)32-22(27)15-31-23(28)17-8-6-7-9-18(17)25-21(26)13-11-16-10-12-19(29-4)20(14-16)30-5/h6-14H,15H2,1-5H3,(H,25,26). The van der Waals surface area contributed by atoms with Crippen LogP contribution in [-0.4, -0.2) is 44.3 Å². The third-order valence-corrected chi connectivity index (χ3v) is 3.98. The molecule has 0 aliphatic rings. The number of anilines is 1. The fourth-order valence-corrected chi connectivity index (χ4v) is 2.65. The fraction of sp³-hybridized carbons (Fsp3) is 0.292. The summed E-state index contributed by atoms with van der Waals surface area (Å²) in [6, 6.07) is 11.6. The van der Waals surface area contributed by atoms with Gasteiger partial charge in [0.25, 0.3) is 0 Å². The van der Waals surface area contributed by atoms with Crippen LogP contribution in [0.3, 0.4) is 0 Å². The van der Waals surface area contributed by atoms with Gasteiger partial charge < -0.3 is 24.3 Å². The van der Waals surface area contributed by atoms with Crippen LogP contribution >= 0.6 is 0 Å². The van der Waals surface area contributed by atoms with Gasteiger partial charge in [0.05, 0.1) is 25.5 Å². The van der Waals surface area contributed by atoms with Crippen LogP contribution in [0.4, 0.5) is 5.69 Å². The molecule has 2 rings (SSSR count). The Bertz CT molecular complexity index is 1010. The molecule has 0 fully saturated rings. The molecule has 0 saturated heterocycles. The summed E-state index contributed by atoms with van der Waals surface area (Å²) < 4.78 is 20.6. The van der Waals surface area contributed by atoms with E-state index in [4.69, 9.17) is 18.9 Å². The van der Waals surface area contributed by atoms with Crippen LogP contribution in [0.25, 0.3) is 6.08 Å². The van der Waals surface area contributed by atoms with E-state index in [1.807, 2.05) is 0 Å². The molecule has 2 aromatic rings. The highest BCUT2D eigenvalue weighted by Crippen LogP contribution is 2.28. The maximum atomic E-state index is 12.4. The Morgan fingerprint density at radius 2 is 1.66 bits per heavy atom. The normalized spacial score (nSPS) is 11.0. The summed E-state index contributed by atoms with van der Waals surface area (Å²) in [6.45, 7) is 4.62. The third kappa shape index (κ3) is 7.46. The minimum atomic E-state index is -0.754. The summed E-state index contributed by atoms with van der Waals surface area (Å²) in [5, 5.41) is 2.64. The Balaban J connectivity index is 2.04. The number of rotatable bonds is 8. The summed E-state index contributed by atoms with van der Waals surface area (Å²) >= 11 is 0. The van der Waals surface area contributed by atoms with Crippen molar-refractivity contribution in [3.05, 3.63) is 59.7 Å². The van der Waals surface area contributed by atoms with Gasteiger partial charge in [-0.05, 0) is 56.7 Å². The SMILES string of the molecule is COc1ccc(C=CC(=O)Nc2ccccc2C(=O)OCC(=O)OC(C)(C)C)cc1OC. The van der Waals surface area contributed by atoms with Crippen LogP contribution in [-0.2, 0) is 19.1 Å². The highest BCUT2D eigenvalue weighted by atomic mass is 16.6. The van der Waals surface area contributed by atoms with Crippen LogP contribution in [0.2, 0.25) is 0 Å². The fourth-order valence-electron chi connectivity index (χ4n) is 2.65. The van der Waals surface area contributed by atoms with E-state index in [9.17, 15) is 14.4 Å². The molecule has 0 aromatic heterocycles. The van der Waals surface area contributed by atoms with Gasteiger partial charge in [0.15, 0.2) is 18.1 Å². The molecule has 8 heteroatoms. The van der Waals surface area contributed by atoms with Crippen molar-refractivity contribution in [1.82, 2.24) is 0 Å². The van der Waals surface area contributed by atoms with Gasteiger partial charge >= 0.3 is 11.9 Å². The van der Waals surface area contributed by atoms with E-state index in [1.54, 1.807) is 63.2 Å². The van der Waals surface area contributed by atoms with E-state index in [0.29, 0.717) is 11.5 Å². The molecule has 0 aliphatic heterocycles. The molecule has 0 unspecified atom stereocenters. The van der Waals surface area contributed by atoms with Gasteiger partial charge in [0.2, 0.25) is 5.91 Å². The van der Waals surface area contributed by atoms with E-state index >= 15 is 0 Å². The second kappa shape index (κ2) is 11.0. The van der Waals surface area contributed by atoms with Gasteiger partial charge in [-0.1, -0.05) is 18.2 Å². The Kier molecular flexibility index (Phi) is 8.40. The summed E-state index contributed by atoms with van der Waals surface area (Å²) in [5.74, 6) is -0.755. The Hall–Kier alpha value is -3.81. The summed E-state index contributed by atoms with van der Waals surface area (Å²) in [6.07, 6.45) is 2.92. The molecule has 1 amide bonds. The maximum absolute atomic E-state index is 12.4. The van der Waals surface area contributed by atoms with Gasteiger partial charge in [-0.15, -0.1) is 0 Å². The second-order valence-corrected chi connectivity index (χ2v) is 7.65. The van der Waals surface area contributed by atoms with Crippen LogP contribution in [0, 0.1) is 0 Å². The van der Waals surface area contributed by atoms with E-state index in [2.05, 4.69) is 5.32 Å². The molecule has 0 aliphatic carbocycles. The number of nitrogens with one attached hydrogen (secondary N) is 1. The van der Waals surface area contributed by atoms with E-state index < -0.39 is 30.1 Å². The number of amides is 1. The van der Waals surface area contributed by atoms with Gasteiger partial charge in [-0.2, -0.15) is 0 Å². The molecule has 0 bridgehead atoms. The van der Waals surface area contributed by atoms with Crippen LogP contribution in [0.5, 0.6) is 11.5 Å². The average Bonchev–Trinajstić information content (AvgIpc) is 2.75. The second-order valence-electron chi connectivity index (χ2n) is 7.65. The maximum Gasteiger partial charge on any atom is 0.344 e. The first kappa shape index (κ1) is 24.5. The zero-order valence-corrected chi connectivity index (χ0v) is 18.8. The number of methoxy groups -OCH3 is 2. The van der Waals surface area contributed by atoms with E-state index in [-0.39, 0.29) is 11.3 Å². The number of esters is 2. The quantitative estimate of drug-likeness (QED) is 0.490. The number of benzene rings is 2. The molecule has 170 valence electrons. The van der Waals surface area contributed by atoms with Gasteiger partial charge in [0, 0.05) is 6.08 Å². The molecule has 2 aromatic carbocycles. The van der Waals surface area contributed by atoms with Crippen LogP contribution in [0.1, 0.15) is 36.7 Å². The van der Waals surface area contributed by atoms with Crippen molar-refractivity contribution in [2.75, 3.05) is 26.1 Å². The van der Waals surface area contributed by atoms with E-state index in [0.717, 1.165) is 5.56 Å². The minimum absolute atomic E-state index is 0.115. The Morgan fingerprint density at radius 1 is 0.969 bits per heavy atom. The number of hydrogen-bond acceptors (Lipinski definition) is 7. The predicted molar refractivity (Wildman–Crippen MR) is 120 cm³/mol. The summed E-state index contributed by atoms with van der Waals surface area (Å²) in [5.41, 5.74) is 0.408. The molecule has 32 heavy (non-hydrogen) atoms. The van der Waals surface area contributed by atoms with Crippen molar-refractivity contribution >= 4 is 29.6 Å². The van der Waals surface area contributed by atoms with Crippen molar-refractivity contribution in [2.45, 2.75) is 26.4 Å². The van der Waals surface area contributed by atoms with Crippen LogP contribution in [0.15, 0.2) is 48.5 Å². The molecular weight excluding hydrogens is 414 g/mol. The molecule has 0 atom stereocenters. The largest absolute Gasteiger partial charge is 0.493 e. The number of hydrogen-bond donors (Lipinski definition) is 1. The third-order valence-electron chi connectivity index (χ3n) is 3.98. The smallest absolute Gasteiger partial charge is 0.344 e. The van der Waals surface area contributed by atoms with Crippen LogP contribution < -0.4 is 14.8 Å². The Morgan fingerprint density at radius 3 is 2.31 bits per heavy atom. The molecule has 1 N–H and O–H groups in total. The summed E-state index contributed by atoms with van der Waals surface area (Å²) in [4.78, 5) is 36.6. The number of carbonyl (C=O) groups is 3. The number of para-hydroxylation sites is 1. The van der Waals surface area contributed by atoms with Crippen molar-refractivity contribution in [3.63, 3.8) is 0 Å². The van der Waals surface area contributed by atoms with Crippen molar-refractivity contribution in [3.8, 4) is 11.5 Å². The molecular formula is C24H27NO7. The molecule has 0 spiro atoms. The zero-order chi connectivity index (χ0) is 23.7. The molecule has 0 radical (unpaired) electrons. The zero-order valence-electron chi connectivity index (χ0n) is 18.8. The van der Waals surface area contributed by atoms with Crippen molar-refractivity contribution in [1.29, 1.82) is 0 Å². The van der Waals surface area contributed by atoms with Gasteiger partial charge in [0.1, 0.15) is 5.60 Å². The van der Waals surface area contributed by atoms with Gasteiger partial charge in [-0.3, -0.25) is 4.79 Å². The average molecular weight is 441 g/mol. The molecule has 8 nitrogen and oxygen atoms in total. The summed E-state index contributed by atoms with van der Waals surface area (Å²) in [7, 11) is 3.06. The predicted octanol–water partition coefficient (Wildman–Crippen LogP) is 3.85. The minimum Gasteiger partial charge on any atom is -0.493 e. The monoisotopic (exact) mass is 441 g/mol. The lowest BCUT2D eigenvalue weighted by Gasteiger charge is -2.19. The topological polar surface area (TPSA) is 100 Å². The molecule has 0 saturated carbocycles. The number of ether oxygens (including phenoxy) is 4. The van der Waals surface area contributed by atoms with E-state index in [1.165, 1.54) is 26.4 Å². The first-order valence-electron chi connectivity index (χ1n) is 9.82. The lowest BCUT2D eigenvalue weighted by atomic mass is 10.1. The number of carbonyl (C=O) groups excluding carboxylic acids is 3. The lowest BCUT2D eigenvalue weighted by Crippen LogP contribution is -2.27. The van der Waals surface area contributed by atoms with Crippen molar-refractivity contribution < 1.29 is 33.3 Å². The first-order chi connectivity index (χ1) is 15.1. The molecule has 0 heterocycles. The first-order valence-corrected chi connectivity index (χ1v) is 9.82. The highest BCUT2D eigenvalue weighted by Gasteiger charge is 2.19. The highest BCUT2D eigenvalue weighted by molar-refractivity contribution is 6.06. The van der Waals surface area contributed by atoms with Crippen molar-refractivity contribution in [2.24, 2.45) is 0 Å².